The van der Waals surface area contributed by atoms with Crippen molar-refractivity contribution in [1.29, 1.82) is 0 Å². The van der Waals surface area contributed by atoms with Gasteiger partial charge in [0.05, 0.1) is 12.2 Å². The zero-order chi connectivity index (χ0) is 20.8. The van der Waals surface area contributed by atoms with Crippen molar-refractivity contribution in [2.24, 2.45) is 0 Å². The van der Waals surface area contributed by atoms with Gasteiger partial charge in [-0.25, -0.2) is 14.8 Å². The van der Waals surface area contributed by atoms with Crippen molar-refractivity contribution in [3.8, 4) is 0 Å². The summed E-state index contributed by atoms with van der Waals surface area (Å²) in [5, 5.41) is 3.07. The summed E-state index contributed by atoms with van der Waals surface area (Å²) in [5.41, 5.74) is 2.01. The smallest absolute Gasteiger partial charge is 0.340 e. The van der Waals surface area contributed by atoms with E-state index in [0.717, 1.165) is 25.9 Å². The first kappa shape index (κ1) is 20.8. The van der Waals surface area contributed by atoms with Gasteiger partial charge >= 0.3 is 5.97 Å². The topological polar surface area (TPSA) is 109 Å². The summed E-state index contributed by atoms with van der Waals surface area (Å²) < 4.78 is 10.1. The second-order valence-corrected chi connectivity index (χ2v) is 7.04. The van der Waals surface area contributed by atoms with Crippen molar-refractivity contribution in [2.75, 3.05) is 38.3 Å². The van der Waals surface area contributed by atoms with Gasteiger partial charge in [-0.15, -0.1) is 0 Å². The zero-order valence-corrected chi connectivity index (χ0v) is 17.0. The number of aromatic amines is 1. The lowest BCUT2D eigenvalue weighted by Gasteiger charge is -2.32. The molecule has 29 heavy (non-hydrogen) atoms. The summed E-state index contributed by atoms with van der Waals surface area (Å²) in [5.74, 6) is 0.0456. The van der Waals surface area contributed by atoms with Crippen LogP contribution in [0.4, 0.5) is 5.95 Å². The molecule has 0 aliphatic carbocycles. The average Bonchev–Trinajstić information content (AvgIpc) is 3.03. The van der Waals surface area contributed by atoms with E-state index >= 15 is 0 Å². The lowest BCUT2D eigenvalue weighted by molar-refractivity contribution is 0.0387. The van der Waals surface area contributed by atoms with E-state index in [1.807, 2.05) is 0 Å². The molecule has 9 heteroatoms. The van der Waals surface area contributed by atoms with Crippen molar-refractivity contribution in [3.05, 3.63) is 41.0 Å². The molecule has 1 fully saturated rings. The molecule has 3 rings (SSSR count). The molecule has 0 aromatic carbocycles. The van der Waals surface area contributed by atoms with Gasteiger partial charge < -0.3 is 24.7 Å². The summed E-state index contributed by atoms with van der Waals surface area (Å²) in [6.45, 7) is 5.55. The van der Waals surface area contributed by atoms with Crippen LogP contribution in [0.5, 0.6) is 0 Å². The Morgan fingerprint density at radius 1 is 1.21 bits per heavy atom. The highest BCUT2D eigenvalue weighted by molar-refractivity contribution is 6.00. The quantitative estimate of drug-likeness (QED) is 0.536. The molecule has 2 aromatic heterocycles. The fourth-order valence-electron chi connectivity index (χ4n) is 3.51. The Bertz CT molecular complexity index is 844. The Labute approximate surface area is 169 Å². The Morgan fingerprint density at radius 3 is 2.55 bits per heavy atom. The minimum atomic E-state index is -0.455. The molecule has 0 saturated carbocycles. The van der Waals surface area contributed by atoms with Crippen LogP contribution in [0.2, 0.25) is 0 Å². The van der Waals surface area contributed by atoms with Crippen LogP contribution in [-0.4, -0.2) is 66.3 Å². The molecule has 1 amide bonds. The molecule has 0 bridgehead atoms. The van der Waals surface area contributed by atoms with E-state index < -0.39 is 5.97 Å². The molecule has 2 N–H and O–H groups in total. The van der Waals surface area contributed by atoms with Gasteiger partial charge in [0.25, 0.3) is 5.91 Å². The summed E-state index contributed by atoms with van der Waals surface area (Å²) in [6, 6.07) is 1.85. The number of carbonyl (C=O) groups is 2. The predicted molar refractivity (Wildman–Crippen MR) is 107 cm³/mol. The number of aromatic nitrogens is 3. The maximum atomic E-state index is 12.8. The second-order valence-electron chi connectivity index (χ2n) is 7.04. The first-order valence-electron chi connectivity index (χ1n) is 9.69. The third-order valence-corrected chi connectivity index (χ3v) is 5.05. The van der Waals surface area contributed by atoms with Crippen LogP contribution in [0.1, 0.15) is 44.9 Å². The van der Waals surface area contributed by atoms with Gasteiger partial charge in [0.15, 0.2) is 0 Å². The highest BCUT2D eigenvalue weighted by Gasteiger charge is 2.26. The van der Waals surface area contributed by atoms with Crippen molar-refractivity contribution >= 4 is 17.8 Å². The number of nitrogens with one attached hydrogen (secondary N) is 2. The fourth-order valence-corrected chi connectivity index (χ4v) is 3.51. The number of esters is 1. The highest BCUT2D eigenvalue weighted by atomic mass is 16.6. The molecule has 1 aliphatic heterocycles. The fraction of sp³-hybridized carbons (Fsp3) is 0.500. The van der Waals surface area contributed by atoms with Crippen LogP contribution in [0, 0.1) is 13.8 Å². The van der Waals surface area contributed by atoms with Gasteiger partial charge in [0.1, 0.15) is 12.3 Å². The molecular weight excluding hydrogens is 374 g/mol. The van der Waals surface area contributed by atoms with E-state index in [1.165, 1.54) is 0 Å². The maximum absolute atomic E-state index is 12.8. The van der Waals surface area contributed by atoms with Gasteiger partial charge in [-0.2, -0.15) is 0 Å². The monoisotopic (exact) mass is 401 g/mol. The van der Waals surface area contributed by atoms with E-state index in [0.29, 0.717) is 35.1 Å². The van der Waals surface area contributed by atoms with Crippen LogP contribution < -0.4 is 10.2 Å². The number of piperidine rings is 1. The number of amides is 1. The largest absolute Gasteiger partial charge is 0.460 e. The van der Waals surface area contributed by atoms with Gasteiger partial charge in [0.2, 0.25) is 5.95 Å². The van der Waals surface area contributed by atoms with E-state index in [-0.39, 0.29) is 18.6 Å². The molecule has 2 aromatic rings. The molecule has 0 radical (unpaired) electrons. The van der Waals surface area contributed by atoms with Crippen molar-refractivity contribution in [3.63, 3.8) is 0 Å². The van der Waals surface area contributed by atoms with Crippen LogP contribution in [0.25, 0.3) is 0 Å². The maximum Gasteiger partial charge on any atom is 0.340 e. The number of hydrogen-bond acceptors (Lipinski definition) is 7. The number of methoxy groups -OCH3 is 1. The summed E-state index contributed by atoms with van der Waals surface area (Å²) in [7, 11) is 1.54. The summed E-state index contributed by atoms with van der Waals surface area (Å²) >= 11 is 0. The van der Waals surface area contributed by atoms with Crippen LogP contribution in [-0.2, 0) is 9.47 Å². The number of aryl methyl sites for hydroxylation is 1. The van der Waals surface area contributed by atoms with Crippen molar-refractivity contribution in [2.45, 2.75) is 32.7 Å². The Balaban J connectivity index is 1.59. The predicted octanol–water partition coefficient (Wildman–Crippen LogP) is 1.62. The molecular formula is C20H27N5O4. The molecule has 156 valence electrons. The van der Waals surface area contributed by atoms with E-state index in [2.05, 4.69) is 25.2 Å². The zero-order valence-electron chi connectivity index (χ0n) is 17.0. The van der Waals surface area contributed by atoms with Crippen molar-refractivity contribution < 1.29 is 19.1 Å². The third-order valence-electron chi connectivity index (χ3n) is 5.05. The third kappa shape index (κ3) is 4.92. The molecule has 1 saturated heterocycles. The number of anilines is 1. The molecule has 3 heterocycles. The van der Waals surface area contributed by atoms with Crippen molar-refractivity contribution in [1.82, 2.24) is 20.3 Å². The van der Waals surface area contributed by atoms with E-state index in [1.54, 1.807) is 39.4 Å². The normalized spacial score (nSPS) is 14.7. The summed E-state index contributed by atoms with van der Waals surface area (Å²) in [6.07, 6.45) is 5.05. The van der Waals surface area contributed by atoms with Gasteiger partial charge in [-0.3, -0.25) is 4.79 Å². The second kappa shape index (κ2) is 9.51. The average molecular weight is 401 g/mol. The first-order valence-corrected chi connectivity index (χ1v) is 9.69. The van der Waals surface area contributed by atoms with Crippen LogP contribution in [0.3, 0.4) is 0 Å². The molecule has 0 atom stereocenters. The minimum Gasteiger partial charge on any atom is -0.460 e. The highest BCUT2D eigenvalue weighted by Crippen LogP contribution is 2.20. The Kier molecular flexibility index (Phi) is 6.82. The molecule has 9 nitrogen and oxygen atoms in total. The van der Waals surface area contributed by atoms with Gasteiger partial charge in [0, 0.05) is 44.3 Å². The van der Waals surface area contributed by atoms with Crippen LogP contribution in [0.15, 0.2) is 18.5 Å². The number of ether oxygens (including phenoxy) is 2. The number of hydrogen-bond donors (Lipinski definition) is 2. The van der Waals surface area contributed by atoms with Gasteiger partial charge in [-0.1, -0.05) is 0 Å². The number of carbonyl (C=O) groups excluding carboxylic acids is 2. The van der Waals surface area contributed by atoms with Crippen LogP contribution >= 0.6 is 0 Å². The minimum absolute atomic E-state index is 0.0579. The number of H-pyrrole nitrogens is 1. The first-order chi connectivity index (χ1) is 14.0. The molecule has 0 unspecified atom stereocenters. The number of rotatable bonds is 7. The SMILES string of the molecule is COCCOC(=O)c1c(C)[nH]c(C(=O)NC2CCN(c3ncccn3)CC2)c1C. The summed E-state index contributed by atoms with van der Waals surface area (Å²) in [4.78, 5) is 38.8. The van der Waals surface area contributed by atoms with E-state index in [9.17, 15) is 9.59 Å². The molecule has 0 spiro atoms. The molecule has 1 aliphatic rings. The Morgan fingerprint density at radius 2 is 1.90 bits per heavy atom. The standard InChI is InChI=1S/C20H27N5O4/c1-13-16(19(27)29-12-11-28-3)14(2)23-17(13)18(26)24-15-5-9-25(10-6-15)20-21-7-4-8-22-20/h4,7-8,15,23H,5-6,9-12H2,1-3H3,(H,24,26). The van der Waals surface area contributed by atoms with Gasteiger partial charge in [-0.05, 0) is 38.3 Å². The lowest BCUT2D eigenvalue weighted by Crippen LogP contribution is -2.45. The Hall–Kier alpha value is -2.94. The lowest BCUT2D eigenvalue weighted by atomic mass is 10.0. The van der Waals surface area contributed by atoms with E-state index in [4.69, 9.17) is 9.47 Å². The number of nitrogens with zero attached hydrogens (tertiary/aromatic N) is 3.